The molecule has 1 aromatic carbocycles. The number of Topliss-reactive ketones (excluding diaryl/α,β-unsaturated/α-hetero) is 1. The Morgan fingerprint density at radius 2 is 2.18 bits per heavy atom. The lowest BCUT2D eigenvalue weighted by molar-refractivity contribution is -0.118. The molecule has 0 spiro atoms. The van der Waals surface area contributed by atoms with Crippen molar-refractivity contribution in [2.75, 3.05) is 5.43 Å². The first-order chi connectivity index (χ1) is 8.15. The Morgan fingerprint density at radius 1 is 1.35 bits per heavy atom. The minimum atomic E-state index is 0.277. The average molecular weight is 251 g/mol. The molecule has 0 aliphatic heterocycles. The minimum absolute atomic E-state index is 0.277. The predicted molar refractivity (Wildman–Crippen MR) is 70.7 cm³/mol. The zero-order valence-electron chi connectivity index (χ0n) is 9.79. The Morgan fingerprint density at radius 3 is 2.88 bits per heavy atom. The van der Waals surface area contributed by atoms with Crippen LogP contribution in [0.5, 0.6) is 0 Å². The highest BCUT2D eigenvalue weighted by Crippen LogP contribution is 2.20. The lowest BCUT2D eigenvalue weighted by Crippen LogP contribution is -2.15. The molecule has 1 aromatic rings. The third kappa shape index (κ3) is 3.30. The molecule has 3 nitrogen and oxygen atoms in total. The van der Waals surface area contributed by atoms with Gasteiger partial charge in [0.05, 0.1) is 5.69 Å². The summed E-state index contributed by atoms with van der Waals surface area (Å²) in [5.74, 6) is 0.277. The van der Waals surface area contributed by atoms with Crippen molar-refractivity contribution < 1.29 is 4.79 Å². The van der Waals surface area contributed by atoms with E-state index in [0.717, 1.165) is 34.8 Å². The van der Waals surface area contributed by atoms with E-state index in [2.05, 4.69) is 10.5 Å². The van der Waals surface area contributed by atoms with Crippen molar-refractivity contribution in [1.29, 1.82) is 0 Å². The second-order valence-electron chi connectivity index (χ2n) is 4.32. The largest absolute Gasteiger partial charge is 0.299 e. The third-order valence-corrected chi connectivity index (χ3v) is 3.24. The van der Waals surface area contributed by atoms with E-state index in [1.54, 1.807) is 0 Å². The number of nitrogens with one attached hydrogen (secondary N) is 1. The van der Waals surface area contributed by atoms with Gasteiger partial charge in [0.1, 0.15) is 5.78 Å². The van der Waals surface area contributed by atoms with Crippen LogP contribution in [0, 0.1) is 6.92 Å². The van der Waals surface area contributed by atoms with E-state index < -0.39 is 0 Å². The van der Waals surface area contributed by atoms with Gasteiger partial charge in [-0.25, -0.2) is 0 Å². The van der Waals surface area contributed by atoms with Gasteiger partial charge in [0.15, 0.2) is 0 Å². The highest BCUT2D eigenvalue weighted by atomic mass is 35.5. The third-order valence-electron chi connectivity index (χ3n) is 2.84. The molecule has 4 heteroatoms. The van der Waals surface area contributed by atoms with E-state index in [1.807, 2.05) is 25.1 Å². The van der Waals surface area contributed by atoms with Crippen molar-refractivity contribution in [3.8, 4) is 0 Å². The second kappa shape index (κ2) is 5.32. The van der Waals surface area contributed by atoms with Crippen LogP contribution in [0.4, 0.5) is 5.69 Å². The molecule has 0 amide bonds. The number of benzene rings is 1. The van der Waals surface area contributed by atoms with Crippen LogP contribution in [-0.4, -0.2) is 11.5 Å². The van der Waals surface area contributed by atoms with Crippen LogP contribution in [-0.2, 0) is 4.79 Å². The van der Waals surface area contributed by atoms with Crippen molar-refractivity contribution in [2.24, 2.45) is 5.10 Å². The van der Waals surface area contributed by atoms with Gasteiger partial charge >= 0.3 is 0 Å². The number of hydrogen-bond donors (Lipinski definition) is 1. The number of ketones is 1. The Kier molecular flexibility index (Phi) is 3.79. The summed E-state index contributed by atoms with van der Waals surface area (Å²) in [5.41, 5.74) is 5.78. The zero-order valence-corrected chi connectivity index (χ0v) is 10.5. The fraction of sp³-hybridized carbons (Fsp3) is 0.385. The molecule has 0 atom stereocenters. The first-order valence-electron chi connectivity index (χ1n) is 5.74. The van der Waals surface area contributed by atoms with Gasteiger partial charge in [0, 0.05) is 23.6 Å². The molecular weight excluding hydrogens is 236 g/mol. The van der Waals surface area contributed by atoms with Gasteiger partial charge < -0.3 is 0 Å². The molecule has 1 fully saturated rings. The standard InChI is InChI=1S/C13H15ClN2O/c1-9-5-6-11(8-13(9)14)16-15-10-3-2-4-12(17)7-10/h5-6,8,16H,2-4,7H2,1H3/b15-10-. The number of anilines is 1. The van der Waals surface area contributed by atoms with Crippen LogP contribution in [0.2, 0.25) is 5.02 Å². The maximum Gasteiger partial charge on any atom is 0.138 e. The number of aryl methyl sites for hydroxylation is 1. The molecule has 17 heavy (non-hydrogen) atoms. The SMILES string of the molecule is Cc1ccc(N/N=C2/CCCC(=O)C2)cc1Cl. The van der Waals surface area contributed by atoms with Crippen LogP contribution in [0.1, 0.15) is 31.2 Å². The Balaban J connectivity index is 2.03. The molecule has 2 rings (SSSR count). The van der Waals surface area contributed by atoms with Gasteiger partial charge in [-0.2, -0.15) is 5.10 Å². The molecule has 1 aliphatic rings. The molecule has 0 saturated heterocycles. The summed E-state index contributed by atoms with van der Waals surface area (Å²) >= 11 is 6.02. The van der Waals surface area contributed by atoms with Gasteiger partial charge in [0.2, 0.25) is 0 Å². The van der Waals surface area contributed by atoms with Crippen LogP contribution in [0.3, 0.4) is 0 Å². The quantitative estimate of drug-likeness (QED) is 0.816. The summed E-state index contributed by atoms with van der Waals surface area (Å²) in [6, 6.07) is 5.71. The molecular formula is C13H15ClN2O. The fourth-order valence-electron chi connectivity index (χ4n) is 1.80. The maximum absolute atomic E-state index is 11.3. The smallest absolute Gasteiger partial charge is 0.138 e. The topological polar surface area (TPSA) is 41.5 Å². The highest BCUT2D eigenvalue weighted by Gasteiger charge is 2.14. The Bertz CT molecular complexity index is 468. The fourth-order valence-corrected chi connectivity index (χ4v) is 1.98. The summed E-state index contributed by atoms with van der Waals surface area (Å²) in [6.45, 7) is 1.96. The van der Waals surface area contributed by atoms with E-state index in [-0.39, 0.29) is 5.78 Å². The molecule has 1 saturated carbocycles. The number of rotatable bonds is 2. The Hall–Kier alpha value is -1.35. The van der Waals surface area contributed by atoms with Crippen molar-refractivity contribution in [2.45, 2.75) is 32.6 Å². The van der Waals surface area contributed by atoms with Gasteiger partial charge in [0.25, 0.3) is 0 Å². The lowest BCUT2D eigenvalue weighted by atomic mass is 9.97. The second-order valence-corrected chi connectivity index (χ2v) is 4.73. The first-order valence-corrected chi connectivity index (χ1v) is 6.12. The molecule has 0 bridgehead atoms. The van der Waals surface area contributed by atoms with Crippen LogP contribution in [0.15, 0.2) is 23.3 Å². The molecule has 0 radical (unpaired) electrons. The monoisotopic (exact) mass is 250 g/mol. The van der Waals surface area contributed by atoms with Crippen LogP contribution >= 0.6 is 11.6 Å². The normalized spacial score (nSPS) is 18.5. The number of carbonyl (C=O) groups is 1. The molecule has 0 unspecified atom stereocenters. The predicted octanol–water partition coefficient (Wildman–Crippen LogP) is 3.56. The summed E-state index contributed by atoms with van der Waals surface area (Å²) in [7, 11) is 0. The van der Waals surface area contributed by atoms with E-state index in [9.17, 15) is 4.79 Å². The number of hydrogen-bond acceptors (Lipinski definition) is 3. The van der Waals surface area contributed by atoms with Crippen molar-refractivity contribution in [3.05, 3.63) is 28.8 Å². The van der Waals surface area contributed by atoms with Crippen molar-refractivity contribution in [3.63, 3.8) is 0 Å². The molecule has 1 N–H and O–H groups in total. The van der Waals surface area contributed by atoms with Crippen LogP contribution < -0.4 is 5.43 Å². The number of carbonyl (C=O) groups excluding carboxylic acids is 1. The number of nitrogens with zero attached hydrogens (tertiary/aromatic N) is 1. The molecule has 90 valence electrons. The van der Waals surface area contributed by atoms with Crippen molar-refractivity contribution >= 4 is 28.8 Å². The first kappa shape index (κ1) is 12.1. The van der Waals surface area contributed by atoms with E-state index in [1.165, 1.54) is 0 Å². The van der Waals surface area contributed by atoms with Gasteiger partial charge in [-0.1, -0.05) is 17.7 Å². The summed E-state index contributed by atoms with van der Waals surface area (Å²) < 4.78 is 0. The summed E-state index contributed by atoms with van der Waals surface area (Å²) in [5, 5.41) is 4.98. The highest BCUT2D eigenvalue weighted by molar-refractivity contribution is 6.31. The summed E-state index contributed by atoms with van der Waals surface area (Å²) in [6.07, 6.45) is 2.98. The van der Waals surface area contributed by atoms with E-state index >= 15 is 0 Å². The average Bonchev–Trinajstić information content (AvgIpc) is 2.31. The maximum atomic E-state index is 11.3. The summed E-state index contributed by atoms with van der Waals surface area (Å²) in [4.78, 5) is 11.3. The molecule has 1 aliphatic carbocycles. The lowest BCUT2D eigenvalue weighted by Gasteiger charge is -2.12. The minimum Gasteiger partial charge on any atom is -0.299 e. The molecule has 0 heterocycles. The number of hydrazone groups is 1. The van der Waals surface area contributed by atoms with Gasteiger partial charge in [-0.15, -0.1) is 0 Å². The van der Waals surface area contributed by atoms with Gasteiger partial charge in [-0.3, -0.25) is 10.2 Å². The molecule has 0 aromatic heterocycles. The van der Waals surface area contributed by atoms with Gasteiger partial charge in [-0.05, 0) is 37.5 Å². The zero-order chi connectivity index (χ0) is 12.3. The van der Waals surface area contributed by atoms with E-state index in [0.29, 0.717) is 12.8 Å². The van der Waals surface area contributed by atoms with E-state index in [4.69, 9.17) is 11.6 Å². The Labute approximate surface area is 106 Å². The van der Waals surface area contributed by atoms with Crippen molar-refractivity contribution in [1.82, 2.24) is 0 Å². The number of halogens is 1. The van der Waals surface area contributed by atoms with Crippen LogP contribution in [0.25, 0.3) is 0 Å².